The molecular formula is C12H15ClO2. The predicted molar refractivity (Wildman–Crippen MR) is 61.4 cm³/mol. The molecule has 0 radical (unpaired) electrons. The van der Waals surface area contributed by atoms with E-state index in [1.54, 1.807) is 12.1 Å². The molecule has 15 heavy (non-hydrogen) atoms. The zero-order chi connectivity index (χ0) is 11.5. The third-order valence-electron chi connectivity index (χ3n) is 2.00. The van der Waals surface area contributed by atoms with E-state index in [0.29, 0.717) is 5.56 Å². The van der Waals surface area contributed by atoms with Crippen LogP contribution in [0.3, 0.4) is 0 Å². The van der Waals surface area contributed by atoms with Crippen LogP contribution >= 0.6 is 11.6 Å². The van der Waals surface area contributed by atoms with Gasteiger partial charge in [-0.2, -0.15) is 0 Å². The Morgan fingerprint density at radius 2 is 1.87 bits per heavy atom. The average Bonchev–Trinajstić information content (AvgIpc) is 2.15. The first kappa shape index (κ1) is 12.1. The minimum Gasteiger partial charge on any atom is -0.465 e. The van der Waals surface area contributed by atoms with Crippen molar-refractivity contribution in [1.29, 1.82) is 0 Å². The monoisotopic (exact) mass is 226 g/mol. The summed E-state index contributed by atoms with van der Waals surface area (Å²) in [5.41, 5.74) is 1.68. The van der Waals surface area contributed by atoms with Gasteiger partial charge in [0.1, 0.15) is 0 Å². The summed E-state index contributed by atoms with van der Waals surface area (Å²) in [7, 11) is 1.37. The third kappa shape index (κ3) is 3.92. The third-order valence-corrected chi connectivity index (χ3v) is 2.13. The van der Waals surface area contributed by atoms with Gasteiger partial charge in [-0.05, 0) is 38.0 Å². The Hall–Kier alpha value is -1.02. The molecule has 1 rings (SSSR count). The summed E-state index contributed by atoms with van der Waals surface area (Å²) in [6, 6.07) is 7.31. The molecule has 82 valence electrons. The van der Waals surface area contributed by atoms with Crippen LogP contribution in [-0.4, -0.2) is 18.0 Å². The van der Waals surface area contributed by atoms with Gasteiger partial charge in [0, 0.05) is 4.87 Å². The van der Waals surface area contributed by atoms with Crippen molar-refractivity contribution in [2.75, 3.05) is 7.11 Å². The maximum atomic E-state index is 11.2. The number of benzene rings is 1. The van der Waals surface area contributed by atoms with Crippen LogP contribution in [0.4, 0.5) is 0 Å². The molecule has 0 heterocycles. The Morgan fingerprint density at radius 1 is 1.33 bits per heavy atom. The molecule has 0 N–H and O–H groups in total. The number of ether oxygens (including phenoxy) is 1. The summed E-state index contributed by atoms with van der Waals surface area (Å²) in [6.07, 6.45) is 0.774. The SMILES string of the molecule is COC(=O)c1ccc(CC(C)(C)Cl)cc1. The highest BCUT2D eigenvalue weighted by atomic mass is 35.5. The molecule has 1 aromatic rings. The lowest BCUT2D eigenvalue weighted by Crippen LogP contribution is -2.14. The average molecular weight is 227 g/mol. The summed E-state index contributed by atoms with van der Waals surface area (Å²) < 4.78 is 4.61. The zero-order valence-electron chi connectivity index (χ0n) is 9.21. The number of alkyl halides is 1. The van der Waals surface area contributed by atoms with Crippen molar-refractivity contribution >= 4 is 17.6 Å². The molecule has 0 atom stereocenters. The fourth-order valence-corrected chi connectivity index (χ4v) is 1.52. The van der Waals surface area contributed by atoms with Crippen molar-refractivity contribution in [1.82, 2.24) is 0 Å². The van der Waals surface area contributed by atoms with Gasteiger partial charge in [0.2, 0.25) is 0 Å². The first-order valence-electron chi connectivity index (χ1n) is 4.78. The molecule has 3 heteroatoms. The largest absolute Gasteiger partial charge is 0.465 e. The fraction of sp³-hybridized carbons (Fsp3) is 0.417. The van der Waals surface area contributed by atoms with Crippen LogP contribution in [0.5, 0.6) is 0 Å². The standard InChI is InChI=1S/C12H15ClO2/c1-12(2,13)8-9-4-6-10(7-5-9)11(14)15-3/h4-7H,8H2,1-3H3. The Morgan fingerprint density at radius 3 is 2.27 bits per heavy atom. The van der Waals surface area contributed by atoms with Gasteiger partial charge in [-0.15, -0.1) is 11.6 Å². The topological polar surface area (TPSA) is 26.3 Å². The van der Waals surface area contributed by atoms with Crippen molar-refractivity contribution in [3.05, 3.63) is 35.4 Å². The highest BCUT2D eigenvalue weighted by Gasteiger charge is 2.14. The van der Waals surface area contributed by atoms with Gasteiger partial charge >= 0.3 is 5.97 Å². The van der Waals surface area contributed by atoms with E-state index in [0.717, 1.165) is 12.0 Å². The fourth-order valence-electron chi connectivity index (χ4n) is 1.36. The minimum absolute atomic E-state index is 0.257. The van der Waals surface area contributed by atoms with E-state index in [4.69, 9.17) is 11.6 Å². The summed E-state index contributed by atoms with van der Waals surface area (Å²) in [4.78, 5) is 10.9. The Kier molecular flexibility index (Phi) is 3.75. The van der Waals surface area contributed by atoms with Crippen LogP contribution in [0.15, 0.2) is 24.3 Å². The van der Waals surface area contributed by atoms with Crippen molar-refractivity contribution in [3.63, 3.8) is 0 Å². The number of methoxy groups -OCH3 is 1. The Balaban J connectivity index is 2.77. The Bertz CT molecular complexity index is 336. The van der Waals surface area contributed by atoms with E-state index in [-0.39, 0.29) is 10.8 Å². The van der Waals surface area contributed by atoms with Crippen LogP contribution < -0.4 is 0 Å². The van der Waals surface area contributed by atoms with Gasteiger partial charge in [0.15, 0.2) is 0 Å². The second-order valence-electron chi connectivity index (χ2n) is 4.08. The van der Waals surface area contributed by atoms with E-state index in [9.17, 15) is 4.79 Å². The van der Waals surface area contributed by atoms with E-state index in [1.807, 2.05) is 26.0 Å². The lowest BCUT2D eigenvalue weighted by molar-refractivity contribution is 0.0601. The molecule has 0 fully saturated rings. The summed E-state index contributed by atoms with van der Waals surface area (Å²) in [5, 5.41) is 0. The highest BCUT2D eigenvalue weighted by Crippen LogP contribution is 2.19. The molecule has 1 aromatic carbocycles. The molecule has 2 nitrogen and oxygen atoms in total. The molecule has 0 aliphatic heterocycles. The van der Waals surface area contributed by atoms with E-state index in [2.05, 4.69) is 4.74 Å². The molecule has 0 saturated carbocycles. The van der Waals surface area contributed by atoms with Crippen LogP contribution in [0.25, 0.3) is 0 Å². The lowest BCUT2D eigenvalue weighted by Gasteiger charge is -2.15. The van der Waals surface area contributed by atoms with Crippen LogP contribution in [-0.2, 0) is 11.2 Å². The van der Waals surface area contributed by atoms with Crippen LogP contribution in [0.2, 0.25) is 0 Å². The number of rotatable bonds is 3. The van der Waals surface area contributed by atoms with Gasteiger partial charge in [-0.1, -0.05) is 12.1 Å². The number of carbonyl (C=O) groups excluding carboxylic acids is 1. The van der Waals surface area contributed by atoms with E-state index >= 15 is 0 Å². The van der Waals surface area contributed by atoms with Gasteiger partial charge in [0.05, 0.1) is 12.7 Å². The first-order valence-corrected chi connectivity index (χ1v) is 5.16. The molecule has 0 bridgehead atoms. The second-order valence-corrected chi connectivity index (χ2v) is 5.11. The number of esters is 1. The number of hydrogen-bond acceptors (Lipinski definition) is 2. The van der Waals surface area contributed by atoms with Gasteiger partial charge < -0.3 is 4.74 Å². The molecule has 0 aliphatic carbocycles. The molecule has 0 amide bonds. The Labute approximate surface area is 95.2 Å². The van der Waals surface area contributed by atoms with Gasteiger partial charge in [-0.25, -0.2) is 4.79 Å². The lowest BCUT2D eigenvalue weighted by atomic mass is 10.0. The molecular weight excluding hydrogens is 212 g/mol. The smallest absolute Gasteiger partial charge is 0.337 e. The molecule has 0 aliphatic rings. The van der Waals surface area contributed by atoms with Crippen LogP contribution in [0.1, 0.15) is 29.8 Å². The highest BCUT2D eigenvalue weighted by molar-refractivity contribution is 6.23. The second kappa shape index (κ2) is 4.67. The van der Waals surface area contributed by atoms with Gasteiger partial charge in [0.25, 0.3) is 0 Å². The molecule has 0 aromatic heterocycles. The van der Waals surface area contributed by atoms with Crippen molar-refractivity contribution in [3.8, 4) is 0 Å². The maximum absolute atomic E-state index is 11.2. The molecule has 0 spiro atoms. The zero-order valence-corrected chi connectivity index (χ0v) is 9.97. The summed E-state index contributed by atoms with van der Waals surface area (Å²) in [6.45, 7) is 3.92. The number of hydrogen-bond donors (Lipinski definition) is 0. The summed E-state index contributed by atoms with van der Waals surface area (Å²) in [5.74, 6) is -0.313. The number of halogens is 1. The van der Waals surface area contributed by atoms with Crippen molar-refractivity contribution in [2.45, 2.75) is 25.1 Å². The first-order chi connectivity index (χ1) is 6.92. The summed E-state index contributed by atoms with van der Waals surface area (Å²) >= 11 is 6.11. The van der Waals surface area contributed by atoms with Crippen molar-refractivity contribution < 1.29 is 9.53 Å². The minimum atomic E-state index is -0.313. The predicted octanol–water partition coefficient (Wildman–Crippen LogP) is 3.03. The number of carbonyl (C=O) groups is 1. The van der Waals surface area contributed by atoms with Crippen LogP contribution in [0, 0.1) is 0 Å². The van der Waals surface area contributed by atoms with Gasteiger partial charge in [-0.3, -0.25) is 0 Å². The quantitative estimate of drug-likeness (QED) is 0.585. The van der Waals surface area contributed by atoms with E-state index in [1.165, 1.54) is 7.11 Å². The van der Waals surface area contributed by atoms with Crippen molar-refractivity contribution in [2.24, 2.45) is 0 Å². The molecule has 0 unspecified atom stereocenters. The normalized spacial score (nSPS) is 11.2. The maximum Gasteiger partial charge on any atom is 0.337 e. The van der Waals surface area contributed by atoms with E-state index < -0.39 is 0 Å². The molecule has 0 saturated heterocycles.